The van der Waals surface area contributed by atoms with Crippen LogP contribution in [0.2, 0.25) is 0 Å². The average molecular weight is 244 g/mol. The Balaban J connectivity index is 1.98. The van der Waals surface area contributed by atoms with Crippen LogP contribution in [-0.4, -0.2) is 12.5 Å². The van der Waals surface area contributed by atoms with Crippen molar-refractivity contribution in [2.45, 2.75) is 43.9 Å². The van der Waals surface area contributed by atoms with E-state index in [1.54, 1.807) is 0 Å². The van der Waals surface area contributed by atoms with Gasteiger partial charge < -0.3 is 11.1 Å². The normalized spacial score (nSPS) is 21.5. The lowest BCUT2D eigenvalue weighted by molar-refractivity contribution is -0.116. The minimum absolute atomic E-state index is 0.132. The Morgan fingerprint density at radius 1 is 1.22 bits per heavy atom. The molecule has 1 aromatic carbocycles. The Morgan fingerprint density at radius 2 is 2.00 bits per heavy atom. The summed E-state index contributed by atoms with van der Waals surface area (Å²) in [7, 11) is 0. The molecule has 0 saturated heterocycles. The second kappa shape index (κ2) is 4.39. The van der Waals surface area contributed by atoms with Gasteiger partial charge in [0.15, 0.2) is 0 Å². The number of carbonyl (C=O) groups excluding carboxylic acids is 1. The van der Waals surface area contributed by atoms with E-state index < -0.39 is 0 Å². The third-order valence-corrected chi connectivity index (χ3v) is 4.57. The summed E-state index contributed by atoms with van der Waals surface area (Å²) in [6, 6.07) is 6.54. The first kappa shape index (κ1) is 11.7. The van der Waals surface area contributed by atoms with Gasteiger partial charge in [-0.1, -0.05) is 25.0 Å². The highest BCUT2D eigenvalue weighted by molar-refractivity contribution is 5.94. The minimum atomic E-state index is 0.132. The van der Waals surface area contributed by atoms with E-state index in [1.165, 1.54) is 36.8 Å². The average Bonchev–Trinajstić information content (AvgIpc) is 2.88. The first-order valence-corrected chi connectivity index (χ1v) is 6.87. The molecule has 96 valence electrons. The van der Waals surface area contributed by atoms with Crippen molar-refractivity contribution in [2.75, 3.05) is 11.9 Å². The molecule has 3 rings (SSSR count). The summed E-state index contributed by atoms with van der Waals surface area (Å²) in [5.41, 5.74) is 9.73. The van der Waals surface area contributed by atoms with Crippen molar-refractivity contribution in [3.05, 3.63) is 29.3 Å². The zero-order valence-corrected chi connectivity index (χ0v) is 10.7. The summed E-state index contributed by atoms with van der Waals surface area (Å²) in [6.07, 6.45) is 6.35. The SMILES string of the molecule is NCC1(c2ccc3c(c2)NC(=O)CC3)CCCC1. The van der Waals surface area contributed by atoms with Crippen molar-refractivity contribution in [1.82, 2.24) is 0 Å². The second-order valence-corrected chi connectivity index (χ2v) is 5.61. The maximum atomic E-state index is 11.5. The lowest BCUT2D eigenvalue weighted by Crippen LogP contribution is -2.32. The first-order valence-electron chi connectivity index (χ1n) is 6.87. The number of rotatable bonds is 2. The maximum absolute atomic E-state index is 11.5. The van der Waals surface area contributed by atoms with Gasteiger partial charge in [0, 0.05) is 24.1 Å². The monoisotopic (exact) mass is 244 g/mol. The Kier molecular flexibility index (Phi) is 2.86. The van der Waals surface area contributed by atoms with E-state index in [0.29, 0.717) is 13.0 Å². The van der Waals surface area contributed by atoms with Crippen LogP contribution in [0.3, 0.4) is 0 Å². The summed E-state index contributed by atoms with van der Waals surface area (Å²) < 4.78 is 0. The fourth-order valence-corrected chi connectivity index (χ4v) is 3.36. The molecule has 1 saturated carbocycles. The van der Waals surface area contributed by atoms with Gasteiger partial charge in [-0.2, -0.15) is 0 Å². The number of nitrogens with one attached hydrogen (secondary N) is 1. The van der Waals surface area contributed by atoms with Crippen molar-refractivity contribution >= 4 is 11.6 Å². The first-order chi connectivity index (χ1) is 8.73. The van der Waals surface area contributed by atoms with Gasteiger partial charge in [-0.05, 0) is 36.5 Å². The van der Waals surface area contributed by atoms with E-state index >= 15 is 0 Å². The molecule has 2 aliphatic rings. The summed E-state index contributed by atoms with van der Waals surface area (Å²) in [4.78, 5) is 11.5. The highest BCUT2D eigenvalue weighted by Crippen LogP contribution is 2.41. The topological polar surface area (TPSA) is 55.1 Å². The second-order valence-electron chi connectivity index (χ2n) is 5.61. The lowest BCUT2D eigenvalue weighted by Gasteiger charge is -2.29. The van der Waals surface area contributed by atoms with Crippen LogP contribution in [0.1, 0.15) is 43.2 Å². The quantitative estimate of drug-likeness (QED) is 0.839. The molecule has 1 aromatic rings. The number of amides is 1. The Hall–Kier alpha value is -1.35. The molecule has 0 bridgehead atoms. The summed E-state index contributed by atoms with van der Waals surface area (Å²) in [5.74, 6) is 0.132. The highest BCUT2D eigenvalue weighted by atomic mass is 16.1. The zero-order valence-electron chi connectivity index (χ0n) is 10.7. The molecule has 3 nitrogen and oxygen atoms in total. The molecule has 1 aliphatic heterocycles. The smallest absolute Gasteiger partial charge is 0.224 e. The van der Waals surface area contributed by atoms with Crippen LogP contribution >= 0.6 is 0 Å². The van der Waals surface area contributed by atoms with Crippen LogP contribution in [0.25, 0.3) is 0 Å². The van der Waals surface area contributed by atoms with E-state index in [0.717, 1.165) is 12.1 Å². The van der Waals surface area contributed by atoms with E-state index in [9.17, 15) is 4.79 Å². The predicted octanol–water partition coefficient (Wildman–Crippen LogP) is 2.34. The zero-order chi connectivity index (χ0) is 12.6. The molecule has 1 amide bonds. The number of hydrogen-bond acceptors (Lipinski definition) is 2. The summed E-state index contributed by atoms with van der Waals surface area (Å²) in [6.45, 7) is 0.708. The minimum Gasteiger partial charge on any atom is -0.330 e. The van der Waals surface area contributed by atoms with Crippen LogP contribution < -0.4 is 11.1 Å². The third kappa shape index (κ3) is 1.83. The lowest BCUT2D eigenvalue weighted by atomic mass is 9.78. The summed E-state index contributed by atoms with van der Waals surface area (Å²) in [5, 5.41) is 2.99. The third-order valence-electron chi connectivity index (χ3n) is 4.57. The van der Waals surface area contributed by atoms with Crippen LogP contribution in [0.15, 0.2) is 18.2 Å². The molecule has 3 N–H and O–H groups in total. The van der Waals surface area contributed by atoms with E-state index in [4.69, 9.17) is 5.73 Å². The standard InChI is InChI=1S/C15H20N2O/c16-10-15(7-1-2-8-15)12-5-3-11-4-6-14(18)17-13(11)9-12/h3,5,9H,1-2,4,6-8,10,16H2,(H,17,18). The fourth-order valence-electron chi connectivity index (χ4n) is 3.36. The summed E-state index contributed by atoms with van der Waals surface area (Å²) >= 11 is 0. The van der Waals surface area contributed by atoms with Gasteiger partial charge in [-0.3, -0.25) is 4.79 Å². The fraction of sp³-hybridized carbons (Fsp3) is 0.533. The molecule has 1 heterocycles. The number of hydrogen-bond donors (Lipinski definition) is 2. The molecule has 0 radical (unpaired) electrons. The van der Waals surface area contributed by atoms with Crippen LogP contribution in [0.4, 0.5) is 5.69 Å². The van der Waals surface area contributed by atoms with Crippen molar-refractivity contribution in [1.29, 1.82) is 0 Å². The number of aryl methyl sites for hydroxylation is 1. The van der Waals surface area contributed by atoms with Gasteiger partial charge in [0.05, 0.1) is 0 Å². The number of benzene rings is 1. The van der Waals surface area contributed by atoms with Crippen LogP contribution in [0.5, 0.6) is 0 Å². The Morgan fingerprint density at radius 3 is 2.72 bits per heavy atom. The van der Waals surface area contributed by atoms with E-state index in [2.05, 4.69) is 23.5 Å². The Labute approximate surface area is 108 Å². The Bertz CT molecular complexity index is 475. The van der Waals surface area contributed by atoms with Gasteiger partial charge in [0.25, 0.3) is 0 Å². The van der Waals surface area contributed by atoms with Gasteiger partial charge in [0.2, 0.25) is 5.91 Å². The van der Waals surface area contributed by atoms with Gasteiger partial charge in [-0.15, -0.1) is 0 Å². The molecular formula is C15H20N2O. The van der Waals surface area contributed by atoms with Crippen LogP contribution in [-0.2, 0) is 16.6 Å². The molecule has 3 heteroatoms. The maximum Gasteiger partial charge on any atom is 0.224 e. The molecule has 18 heavy (non-hydrogen) atoms. The van der Waals surface area contributed by atoms with Crippen LogP contribution in [0, 0.1) is 0 Å². The molecule has 0 unspecified atom stereocenters. The van der Waals surface area contributed by atoms with E-state index in [1.807, 2.05) is 0 Å². The predicted molar refractivity (Wildman–Crippen MR) is 72.6 cm³/mol. The molecule has 1 fully saturated rings. The number of carbonyl (C=O) groups is 1. The van der Waals surface area contributed by atoms with E-state index in [-0.39, 0.29) is 11.3 Å². The van der Waals surface area contributed by atoms with Gasteiger partial charge in [-0.25, -0.2) is 0 Å². The van der Waals surface area contributed by atoms with Gasteiger partial charge in [0.1, 0.15) is 0 Å². The number of fused-ring (bicyclic) bond motifs is 1. The molecule has 0 aromatic heterocycles. The number of anilines is 1. The van der Waals surface area contributed by atoms with Crippen molar-refractivity contribution < 1.29 is 4.79 Å². The molecule has 0 atom stereocenters. The van der Waals surface area contributed by atoms with Crippen molar-refractivity contribution in [3.8, 4) is 0 Å². The highest BCUT2D eigenvalue weighted by Gasteiger charge is 2.34. The molecule has 0 spiro atoms. The van der Waals surface area contributed by atoms with Crippen molar-refractivity contribution in [3.63, 3.8) is 0 Å². The molecule has 1 aliphatic carbocycles. The largest absolute Gasteiger partial charge is 0.330 e. The van der Waals surface area contributed by atoms with Crippen molar-refractivity contribution in [2.24, 2.45) is 5.73 Å². The molecular weight excluding hydrogens is 224 g/mol. The number of nitrogens with two attached hydrogens (primary N) is 1. The van der Waals surface area contributed by atoms with Gasteiger partial charge >= 0.3 is 0 Å².